The Morgan fingerprint density at radius 1 is 1.27 bits per heavy atom. The molecule has 1 aromatic heterocycles. The van der Waals surface area contributed by atoms with Crippen LogP contribution < -0.4 is 10.6 Å². The Kier molecular flexibility index (Phi) is 3.62. The molecule has 6 heteroatoms. The number of amides is 2. The highest BCUT2D eigenvalue weighted by molar-refractivity contribution is 8.02. The zero-order valence-electron chi connectivity index (χ0n) is 12.2. The van der Waals surface area contributed by atoms with Crippen LogP contribution in [0.3, 0.4) is 0 Å². The topological polar surface area (TPSA) is 71.1 Å². The molecule has 0 spiro atoms. The number of benzene rings is 1. The molecule has 2 N–H and O–H groups in total. The van der Waals surface area contributed by atoms with Gasteiger partial charge in [0.25, 0.3) is 5.91 Å². The number of para-hydroxylation sites is 1. The van der Waals surface area contributed by atoms with E-state index in [2.05, 4.69) is 15.6 Å². The van der Waals surface area contributed by atoms with Crippen molar-refractivity contribution in [2.45, 2.75) is 23.5 Å². The molecular weight excluding hydrogens is 298 g/mol. The number of rotatable bonds is 2. The molecule has 112 valence electrons. The van der Waals surface area contributed by atoms with E-state index in [0.29, 0.717) is 5.82 Å². The van der Waals surface area contributed by atoms with Gasteiger partial charge in [-0.2, -0.15) is 0 Å². The molecule has 0 aliphatic carbocycles. The minimum atomic E-state index is -1.24. The minimum Gasteiger partial charge on any atom is -0.323 e. The predicted octanol–water partition coefficient (Wildman–Crippen LogP) is 2.83. The van der Waals surface area contributed by atoms with Crippen LogP contribution in [-0.4, -0.2) is 21.5 Å². The molecule has 1 atom stereocenters. The van der Waals surface area contributed by atoms with Crippen molar-refractivity contribution < 1.29 is 9.59 Å². The highest BCUT2D eigenvalue weighted by Gasteiger charge is 2.45. The Bertz CT molecular complexity index is 745. The van der Waals surface area contributed by atoms with E-state index in [1.165, 1.54) is 11.8 Å². The van der Waals surface area contributed by atoms with E-state index in [9.17, 15) is 9.59 Å². The second-order valence-corrected chi connectivity index (χ2v) is 6.72. The SMILES string of the molecule is Cc1ccc(NC(=O)C2(C)Sc3ccccc3NC2=O)nc1. The number of aryl methyl sites for hydroxylation is 1. The number of nitrogens with zero attached hydrogens (tertiary/aromatic N) is 1. The zero-order valence-corrected chi connectivity index (χ0v) is 13.0. The van der Waals surface area contributed by atoms with Gasteiger partial charge >= 0.3 is 0 Å². The normalized spacial score (nSPS) is 20.0. The number of fused-ring (bicyclic) bond motifs is 1. The van der Waals surface area contributed by atoms with E-state index in [-0.39, 0.29) is 11.8 Å². The summed E-state index contributed by atoms with van der Waals surface area (Å²) in [6.45, 7) is 3.54. The lowest BCUT2D eigenvalue weighted by Crippen LogP contribution is -2.49. The van der Waals surface area contributed by atoms with Gasteiger partial charge in [0.05, 0.1) is 5.69 Å². The fourth-order valence-electron chi connectivity index (χ4n) is 2.09. The van der Waals surface area contributed by atoms with E-state index in [0.717, 1.165) is 16.1 Å². The van der Waals surface area contributed by atoms with Crippen LogP contribution >= 0.6 is 11.8 Å². The molecule has 1 unspecified atom stereocenters. The van der Waals surface area contributed by atoms with Gasteiger partial charge in [-0.25, -0.2) is 4.98 Å². The third-order valence-electron chi connectivity index (χ3n) is 3.47. The molecule has 0 bridgehead atoms. The van der Waals surface area contributed by atoms with Crippen LogP contribution in [0.4, 0.5) is 11.5 Å². The average molecular weight is 313 g/mol. The number of nitrogens with one attached hydrogen (secondary N) is 2. The van der Waals surface area contributed by atoms with E-state index in [4.69, 9.17) is 0 Å². The van der Waals surface area contributed by atoms with Gasteiger partial charge in [-0.1, -0.05) is 30.0 Å². The van der Waals surface area contributed by atoms with Crippen molar-refractivity contribution in [1.82, 2.24) is 4.98 Å². The molecule has 2 amide bonds. The third-order valence-corrected chi connectivity index (χ3v) is 4.82. The molecule has 0 saturated heterocycles. The molecule has 0 radical (unpaired) electrons. The van der Waals surface area contributed by atoms with Crippen LogP contribution in [0.1, 0.15) is 12.5 Å². The summed E-state index contributed by atoms with van der Waals surface area (Å²) in [6.07, 6.45) is 1.67. The lowest BCUT2D eigenvalue weighted by molar-refractivity contribution is -0.126. The Labute approximate surface area is 132 Å². The van der Waals surface area contributed by atoms with Crippen LogP contribution in [-0.2, 0) is 9.59 Å². The standard InChI is InChI=1S/C16H15N3O2S/c1-10-7-8-13(17-9-10)19-15(21)16(2)14(20)18-11-5-3-4-6-12(11)22-16/h3-9H,1-2H3,(H,18,20)(H,17,19,21). The van der Waals surface area contributed by atoms with Crippen molar-refractivity contribution in [3.8, 4) is 0 Å². The van der Waals surface area contributed by atoms with Crippen molar-refractivity contribution in [3.05, 3.63) is 48.2 Å². The first-order chi connectivity index (χ1) is 10.5. The number of carbonyl (C=O) groups is 2. The summed E-state index contributed by atoms with van der Waals surface area (Å²) in [5.74, 6) is -0.286. The van der Waals surface area contributed by atoms with Gasteiger partial charge in [0.2, 0.25) is 5.91 Å². The van der Waals surface area contributed by atoms with Crippen molar-refractivity contribution in [2.75, 3.05) is 10.6 Å². The second-order valence-electron chi connectivity index (χ2n) is 5.26. The molecule has 1 aliphatic heterocycles. The van der Waals surface area contributed by atoms with Crippen molar-refractivity contribution in [1.29, 1.82) is 0 Å². The largest absolute Gasteiger partial charge is 0.323 e. The molecule has 1 aromatic carbocycles. The fraction of sp³-hybridized carbons (Fsp3) is 0.188. The summed E-state index contributed by atoms with van der Waals surface area (Å²) in [4.78, 5) is 29.9. The van der Waals surface area contributed by atoms with E-state index >= 15 is 0 Å². The molecule has 2 heterocycles. The number of carbonyl (C=O) groups excluding carboxylic acids is 2. The summed E-state index contributed by atoms with van der Waals surface area (Å²) in [5.41, 5.74) is 1.74. The predicted molar refractivity (Wildman–Crippen MR) is 86.9 cm³/mol. The molecule has 22 heavy (non-hydrogen) atoms. The molecule has 0 fully saturated rings. The van der Waals surface area contributed by atoms with Crippen LogP contribution in [0, 0.1) is 6.92 Å². The highest BCUT2D eigenvalue weighted by Crippen LogP contribution is 2.42. The number of hydrogen-bond acceptors (Lipinski definition) is 4. The summed E-state index contributed by atoms with van der Waals surface area (Å²) in [5, 5.41) is 5.49. The lowest BCUT2D eigenvalue weighted by Gasteiger charge is -2.31. The van der Waals surface area contributed by atoms with Crippen molar-refractivity contribution in [2.24, 2.45) is 0 Å². The van der Waals surface area contributed by atoms with Crippen molar-refractivity contribution >= 4 is 35.1 Å². The summed E-state index contributed by atoms with van der Waals surface area (Å²) >= 11 is 1.25. The maximum Gasteiger partial charge on any atom is 0.251 e. The molecule has 1 aliphatic rings. The zero-order chi connectivity index (χ0) is 15.7. The summed E-state index contributed by atoms with van der Waals surface area (Å²) in [7, 11) is 0. The van der Waals surface area contributed by atoms with Crippen molar-refractivity contribution in [3.63, 3.8) is 0 Å². The Morgan fingerprint density at radius 3 is 2.77 bits per heavy atom. The van der Waals surface area contributed by atoms with Gasteiger partial charge in [0, 0.05) is 11.1 Å². The van der Waals surface area contributed by atoms with Gasteiger partial charge in [-0.15, -0.1) is 0 Å². The molecule has 2 aromatic rings. The Hall–Kier alpha value is -2.34. The maximum atomic E-state index is 12.6. The summed E-state index contributed by atoms with van der Waals surface area (Å²) in [6, 6.07) is 11.0. The first-order valence-electron chi connectivity index (χ1n) is 6.83. The van der Waals surface area contributed by atoms with Crippen LogP contribution in [0.25, 0.3) is 0 Å². The number of aromatic nitrogens is 1. The first-order valence-corrected chi connectivity index (χ1v) is 7.64. The Balaban J connectivity index is 1.85. The second kappa shape index (κ2) is 5.46. The van der Waals surface area contributed by atoms with Gasteiger partial charge < -0.3 is 10.6 Å². The number of anilines is 2. The monoisotopic (exact) mass is 313 g/mol. The fourth-order valence-corrected chi connectivity index (χ4v) is 3.20. The maximum absolute atomic E-state index is 12.6. The number of thioether (sulfide) groups is 1. The van der Waals surface area contributed by atoms with Gasteiger partial charge in [-0.05, 0) is 37.6 Å². The Morgan fingerprint density at radius 2 is 2.05 bits per heavy atom. The van der Waals surface area contributed by atoms with Crippen LogP contribution in [0.15, 0.2) is 47.5 Å². The van der Waals surface area contributed by atoms with Gasteiger partial charge in [-0.3, -0.25) is 9.59 Å². The average Bonchev–Trinajstić information content (AvgIpc) is 2.50. The van der Waals surface area contributed by atoms with E-state index in [1.54, 1.807) is 19.2 Å². The lowest BCUT2D eigenvalue weighted by atomic mass is 10.1. The van der Waals surface area contributed by atoms with Crippen LogP contribution in [0.2, 0.25) is 0 Å². The van der Waals surface area contributed by atoms with Crippen LogP contribution in [0.5, 0.6) is 0 Å². The molecule has 3 rings (SSSR count). The van der Waals surface area contributed by atoms with Gasteiger partial charge in [0.15, 0.2) is 4.75 Å². The molecular formula is C16H15N3O2S. The van der Waals surface area contributed by atoms with E-state index < -0.39 is 4.75 Å². The summed E-state index contributed by atoms with van der Waals surface area (Å²) < 4.78 is -1.24. The minimum absolute atomic E-state index is 0.333. The van der Waals surface area contributed by atoms with Gasteiger partial charge in [0.1, 0.15) is 5.82 Å². The smallest absolute Gasteiger partial charge is 0.251 e. The molecule has 0 saturated carbocycles. The van der Waals surface area contributed by atoms with E-state index in [1.807, 2.05) is 37.3 Å². The highest BCUT2D eigenvalue weighted by atomic mass is 32.2. The third kappa shape index (κ3) is 2.57. The molecule has 5 nitrogen and oxygen atoms in total. The quantitative estimate of drug-likeness (QED) is 0.836. The first kappa shape index (κ1) is 14.6. The number of pyridine rings is 1. The number of hydrogen-bond donors (Lipinski definition) is 2.